The van der Waals surface area contributed by atoms with Gasteiger partial charge in [0.2, 0.25) is 0 Å². The molecule has 108 valence electrons. The monoisotopic (exact) mass is 294 g/mol. The highest BCUT2D eigenvalue weighted by Crippen LogP contribution is 2.34. The molecule has 0 aliphatic carbocycles. The summed E-state index contributed by atoms with van der Waals surface area (Å²) in [4.78, 5) is 0. The second-order valence-corrected chi connectivity index (χ2v) is 8.13. The summed E-state index contributed by atoms with van der Waals surface area (Å²) in [6.07, 6.45) is -0.366. The zero-order valence-electron chi connectivity index (χ0n) is 12.0. The maximum absolute atomic E-state index is 10.5. The minimum Gasteiger partial charge on any atom is -0.391 e. The first-order valence-electron chi connectivity index (χ1n) is 6.64. The van der Waals surface area contributed by atoms with E-state index in [-0.39, 0.29) is 22.7 Å². The average Bonchev–Trinajstić information content (AvgIpc) is 2.67. The van der Waals surface area contributed by atoms with Gasteiger partial charge in [0.1, 0.15) is 0 Å². The van der Waals surface area contributed by atoms with Crippen molar-refractivity contribution in [2.24, 2.45) is 5.92 Å². The Morgan fingerprint density at radius 3 is 2.22 bits per heavy atom. The molecule has 3 atom stereocenters. The summed E-state index contributed by atoms with van der Waals surface area (Å²) in [6.45, 7) is 10.7. The van der Waals surface area contributed by atoms with Crippen molar-refractivity contribution in [1.29, 1.82) is 0 Å². The second kappa shape index (κ2) is 7.39. The van der Waals surface area contributed by atoms with E-state index in [1.165, 1.54) is 0 Å². The van der Waals surface area contributed by atoms with Crippen LogP contribution in [-0.2, 0) is 9.47 Å². The van der Waals surface area contributed by atoms with E-state index in [1.54, 1.807) is 0 Å². The van der Waals surface area contributed by atoms with Crippen molar-refractivity contribution in [3.05, 3.63) is 0 Å². The fourth-order valence-electron chi connectivity index (χ4n) is 2.02. The first-order chi connectivity index (χ1) is 8.41. The van der Waals surface area contributed by atoms with Gasteiger partial charge in [0.15, 0.2) is 5.79 Å². The third-order valence-corrected chi connectivity index (χ3v) is 5.79. The number of hydrogen-bond acceptors (Lipinski definition) is 5. The Bertz CT molecular complexity index is 236. The van der Waals surface area contributed by atoms with Crippen LogP contribution >= 0.6 is 23.5 Å². The van der Waals surface area contributed by atoms with Crippen LogP contribution in [-0.4, -0.2) is 45.8 Å². The Kier molecular flexibility index (Phi) is 6.83. The minimum atomic E-state index is -0.510. The van der Waals surface area contributed by atoms with E-state index in [0.717, 1.165) is 11.5 Å². The largest absolute Gasteiger partial charge is 0.391 e. The molecule has 1 fully saturated rings. The molecule has 0 unspecified atom stereocenters. The summed E-state index contributed by atoms with van der Waals surface area (Å²) < 4.78 is 11.6. The predicted octanol–water partition coefficient (Wildman–Crippen LogP) is 2.97. The molecule has 0 aromatic rings. The van der Waals surface area contributed by atoms with Gasteiger partial charge in [-0.1, -0.05) is 20.8 Å². The fourth-order valence-corrected chi connectivity index (χ4v) is 4.76. The van der Waals surface area contributed by atoms with Crippen LogP contribution < -0.4 is 0 Å². The Labute approximate surface area is 119 Å². The molecule has 0 spiro atoms. The average molecular weight is 294 g/mol. The second-order valence-electron chi connectivity index (χ2n) is 5.00. The van der Waals surface area contributed by atoms with Crippen molar-refractivity contribution in [2.75, 3.05) is 18.1 Å². The molecule has 18 heavy (non-hydrogen) atoms. The Morgan fingerprint density at radius 1 is 1.28 bits per heavy atom. The quantitative estimate of drug-likeness (QED) is 0.731. The predicted molar refractivity (Wildman–Crippen MR) is 80.1 cm³/mol. The van der Waals surface area contributed by atoms with Gasteiger partial charge >= 0.3 is 0 Å². The maximum atomic E-state index is 10.5. The zero-order valence-corrected chi connectivity index (χ0v) is 13.6. The smallest absolute Gasteiger partial charge is 0.163 e. The first-order valence-corrected chi connectivity index (χ1v) is 8.74. The van der Waals surface area contributed by atoms with Crippen molar-refractivity contribution in [1.82, 2.24) is 0 Å². The molecule has 0 radical (unpaired) electrons. The first kappa shape index (κ1) is 16.6. The van der Waals surface area contributed by atoms with Gasteiger partial charge in [0.05, 0.1) is 23.4 Å². The van der Waals surface area contributed by atoms with Gasteiger partial charge in [-0.25, -0.2) is 0 Å². The van der Waals surface area contributed by atoms with Gasteiger partial charge in [-0.05, 0) is 25.4 Å². The van der Waals surface area contributed by atoms with E-state index in [1.807, 2.05) is 37.4 Å². The molecule has 0 saturated carbocycles. The molecule has 1 aliphatic rings. The molecule has 1 heterocycles. The number of hydrogen-bond donors (Lipinski definition) is 1. The Balaban J connectivity index is 2.55. The molecule has 0 aromatic heterocycles. The van der Waals surface area contributed by atoms with E-state index >= 15 is 0 Å². The molecule has 1 aliphatic heterocycles. The third kappa shape index (κ3) is 4.60. The lowest BCUT2D eigenvalue weighted by molar-refractivity contribution is -0.148. The molecule has 3 nitrogen and oxygen atoms in total. The standard InChI is InChI=1S/C13H26O3S2/c1-6-17-12(18-7-2)11(14)9(3)10-8-15-13(4,5)16-10/h9-12,14H,6-8H2,1-5H3/t9-,10+,11+/m0/s1. The third-order valence-electron chi connectivity index (χ3n) is 3.10. The van der Waals surface area contributed by atoms with Gasteiger partial charge in [0.25, 0.3) is 0 Å². The number of aliphatic hydroxyl groups is 1. The molecule has 0 aromatic carbocycles. The van der Waals surface area contributed by atoms with Crippen molar-refractivity contribution >= 4 is 23.5 Å². The van der Waals surface area contributed by atoms with Gasteiger partial charge in [0, 0.05) is 5.92 Å². The van der Waals surface area contributed by atoms with Crippen LogP contribution in [0.3, 0.4) is 0 Å². The SMILES string of the molecule is CCSC(SCC)[C@H](O)[C@@H](C)[C@H]1COC(C)(C)O1. The van der Waals surface area contributed by atoms with E-state index < -0.39 is 5.79 Å². The lowest BCUT2D eigenvalue weighted by atomic mass is 10.00. The molecular weight excluding hydrogens is 268 g/mol. The Morgan fingerprint density at radius 2 is 1.83 bits per heavy atom. The summed E-state index contributed by atoms with van der Waals surface area (Å²) in [5.74, 6) is 1.63. The van der Waals surface area contributed by atoms with E-state index in [9.17, 15) is 5.11 Å². The fraction of sp³-hybridized carbons (Fsp3) is 1.00. The van der Waals surface area contributed by atoms with Crippen LogP contribution in [0.5, 0.6) is 0 Å². The number of ether oxygens (including phenoxy) is 2. The van der Waals surface area contributed by atoms with Gasteiger partial charge in [-0.15, -0.1) is 23.5 Å². The van der Waals surface area contributed by atoms with Gasteiger partial charge < -0.3 is 14.6 Å². The molecular formula is C13H26O3S2. The van der Waals surface area contributed by atoms with Crippen molar-refractivity contribution in [3.63, 3.8) is 0 Å². The number of thioether (sulfide) groups is 2. The molecule has 1 N–H and O–H groups in total. The summed E-state index contributed by atoms with van der Waals surface area (Å²) in [6, 6.07) is 0. The normalized spacial score (nSPS) is 26.5. The van der Waals surface area contributed by atoms with Crippen LogP contribution in [0.1, 0.15) is 34.6 Å². The molecule has 1 rings (SSSR count). The highest BCUT2D eigenvalue weighted by atomic mass is 32.2. The highest BCUT2D eigenvalue weighted by Gasteiger charge is 2.40. The van der Waals surface area contributed by atoms with Crippen LogP contribution in [0.25, 0.3) is 0 Å². The van der Waals surface area contributed by atoms with Crippen molar-refractivity contribution < 1.29 is 14.6 Å². The summed E-state index contributed by atoms with van der Waals surface area (Å²) in [7, 11) is 0. The Hall–Kier alpha value is 0.580. The molecule has 0 amide bonds. The van der Waals surface area contributed by atoms with Gasteiger partial charge in [-0.2, -0.15) is 0 Å². The minimum absolute atomic E-state index is 0.00703. The topological polar surface area (TPSA) is 38.7 Å². The summed E-state index contributed by atoms with van der Waals surface area (Å²) in [5, 5.41) is 10.5. The van der Waals surface area contributed by atoms with E-state index in [4.69, 9.17) is 9.47 Å². The van der Waals surface area contributed by atoms with E-state index in [0.29, 0.717) is 6.61 Å². The number of aliphatic hydroxyl groups excluding tert-OH is 1. The lowest BCUT2D eigenvalue weighted by Crippen LogP contribution is -2.37. The molecule has 0 bridgehead atoms. The van der Waals surface area contributed by atoms with Crippen LogP contribution in [0.15, 0.2) is 0 Å². The van der Waals surface area contributed by atoms with Crippen LogP contribution in [0, 0.1) is 5.92 Å². The summed E-state index contributed by atoms with van der Waals surface area (Å²) >= 11 is 3.63. The summed E-state index contributed by atoms with van der Waals surface area (Å²) in [5.41, 5.74) is 0. The van der Waals surface area contributed by atoms with Crippen molar-refractivity contribution in [3.8, 4) is 0 Å². The zero-order chi connectivity index (χ0) is 13.8. The van der Waals surface area contributed by atoms with Crippen LogP contribution in [0.4, 0.5) is 0 Å². The highest BCUT2D eigenvalue weighted by molar-refractivity contribution is 8.17. The lowest BCUT2D eigenvalue weighted by Gasteiger charge is -2.30. The van der Waals surface area contributed by atoms with Crippen LogP contribution in [0.2, 0.25) is 0 Å². The molecule has 1 saturated heterocycles. The molecule has 5 heteroatoms. The number of rotatable bonds is 7. The maximum Gasteiger partial charge on any atom is 0.163 e. The van der Waals surface area contributed by atoms with E-state index in [2.05, 4.69) is 20.8 Å². The van der Waals surface area contributed by atoms with Crippen molar-refractivity contribution in [2.45, 2.75) is 57.2 Å². The van der Waals surface area contributed by atoms with Gasteiger partial charge in [-0.3, -0.25) is 0 Å².